The molecule has 1 atom stereocenters. The van der Waals surface area contributed by atoms with Gasteiger partial charge in [0.1, 0.15) is 5.75 Å². The van der Waals surface area contributed by atoms with Crippen LogP contribution in [0, 0.1) is 5.92 Å². The number of hydrogen-bond donors (Lipinski definition) is 2. The highest BCUT2D eigenvalue weighted by Crippen LogP contribution is 2.21. The molecule has 0 bridgehead atoms. The normalized spacial score (nSPS) is 17.1. The number of amides is 1. The summed E-state index contributed by atoms with van der Waals surface area (Å²) in [5.41, 5.74) is 0. The number of rotatable bonds is 8. The molecule has 1 fully saturated rings. The van der Waals surface area contributed by atoms with Crippen LogP contribution in [0.4, 0.5) is 0 Å². The average Bonchev–Trinajstić information content (AvgIpc) is 2.60. The van der Waals surface area contributed by atoms with Gasteiger partial charge in [0.15, 0.2) is 6.10 Å². The first kappa shape index (κ1) is 20.7. The molecule has 146 valence electrons. The van der Waals surface area contributed by atoms with Crippen molar-refractivity contribution in [1.82, 2.24) is 10.0 Å². The molecule has 0 aromatic heterocycles. The molecule has 2 N–H and O–H groups in total. The van der Waals surface area contributed by atoms with Gasteiger partial charge in [0.05, 0.1) is 4.90 Å². The number of sulfonamides is 1. The molecular weight excluding hydrogens is 352 g/mol. The van der Waals surface area contributed by atoms with E-state index in [0.717, 1.165) is 25.7 Å². The summed E-state index contributed by atoms with van der Waals surface area (Å²) in [7, 11) is -3.52. The SMILES string of the molecule is CC(C)CNC(=O)[C@H](C)Oc1ccc(S(=O)(=O)NC2CCCCC2)cc1. The van der Waals surface area contributed by atoms with Gasteiger partial charge in [-0.2, -0.15) is 0 Å². The lowest BCUT2D eigenvalue weighted by Gasteiger charge is -2.22. The van der Waals surface area contributed by atoms with E-state index >= 15 is 0 Å². The first-order chi connectivity index (χ1) is 12.3. The molecule has 0 spiro atoms. The molecule has 0 radical (unpaired) electrons. The molecule has 1 aliphatic carbocycles. The zero-order valence-corrected chi connectivity index (χ0v) is 16.6. The first-order valence-electron chi connectivity index (χ1n) is 9.34. The van der Waals surface area contributed by atoms with Gasteiger partial charge in [-0.3, -0.25) is 4.79 Å². The van der Waals surface area contributed by atoms with Gasteiger partial charge in [-0.15, -0.1) is 0 Å². The Morgan fingerprint density at radius 2 is 1.73 bits per heavy atom. The van der Waals surface area contributed by atoms with Crippen LogP contribution in [-0.4, -0.2) is 33.0 Å². The molecule has 26 heavy (non-hydrogen) atoms. The van der Waals surface area contributed by atoms with Gasteiger partial charge >= 0.3 is 0 Å². The number of carbonyl (C=O) groups is 1. The maximum atomic E-state index is 12.5. The molecule has 1 saturated carbocycles. The van der Waals surface area contributed by atoms with Crippen molar-refractivity contribution in [2.24, 2.45) is 5.92 Å². The van der Waals surface area contributed by atoms with Crippen molar-refractivity contribution < 1.29 is 17.9 Å². The van der Waals surface area contributed by atoms with Crippen LogP contribution in [0.3, 0.4) is 0 Å². The van der Waals surface area contributed by atoms with Gasteiger partial charge in [0, 0.05) is 12.6 Å². The summed E-state index contributed by atoms with van der Waals surface area (Å²) in [5, 5.41) is 2.81. The Balaban J connectivity index is 1.93. The number of hydrogen-bond acceptors (Lipinski definition) is 4. The second-order valence-electron chi connectivity index (χ2n) is 7.33. The van der Waals surface area contributed by atoms with Gasteiger partial charge in [-0.25, -0.2) is 13.1 Å². The van der Waals surface area contributed by atoms with Gasteiger partial charge in [0.25, 0.3) is 5.91 Å². The summed E-state index contributed by atoms with van der Waals surface area (Å²) in [6, 6.07) is 6.22. The van der Waals surface area contributed by atoms with Crippen LogP contribution in [0.1, 0.15) is 52.9 Å². The van der Waals surface area contributed by atoms with Crippen molar-refractivity contribution in [2.45, 2.75) is 69.9 Å². The first-order valence-corrected chi connectivity index (χ1v) is 10.8. The van der Waals surface area contributed by atoms with Gasteiger partial charge in [-0.05, 0) is 49.9 Å². The largest absolute Gasteiger partial charge is 0.481 e. The highest BCUT2D eigenvalue weighted by Gasteiger charge is 2.22. The van der Waals surface area contributed by atoms with Gasteiger partial charge in [-0.1, -0.05) is 33.1 Å². The Hall–Kier alpha value is -1.60. The molecule has 0 saturated heterocycles. The third-order valence-corrected chi connectivity index (χ3v) is 5.96. The number of ether oxygens (including phenoxy) is 1. The number of carbonyl (C=O) groups excluding carboxylic acids is 1. The standard InChI is InChI=1S/C19H30N2O4S/c1-14(2)13-20-19(22)15(3)25-17-9-11-18(12-10-17)26(23,24)21-16-7-5-4-6-8-16/h9-12,14-16,21H,4-8,13H2,1-3H3,(H,20,22)/t15-/m0/s1. The van der Waals surface area contributed by atoms with Crippen molar-refractivity contribution in [3.63, 3.8) is 0 Å². The quantitative estimate of drug-likeness (QED) is 0.724. The molecule has 2 rings (SSSR count). The van der Waals surface area contributed by atoms with Crippen LogP contribution in [0.25, 0.3) is 0 Å². The highest BCUT2D eigenvalue weighted by atomic mass is 32.2. The van der Waals surface area contributed by atoms with Crippen LogP contribution >= 0.6 is 0 Å². The van der Waals surface area contributed by atoms with Crippen LogP contribution in [0.5, 0.6) is 5.75 Å². The van der Waals surface area contributed by atoms with Crippen LogP contribution in [-0.2, 0) is 14.8 Å². The van der Waals surface area contributed by atoms with Crippen molar-refractivity contribution in [1.29, 1.82) is 0 Å². The van der Waals surface area contributed by atoms with E-state index in [9.17, 15) is 13.2 Å². The van der Waals surface area contributed by atoms with E-state index in [-0.39, 0.29) is 16.8 Å². The molecule has 1 amide bonds. The van der Waals surface area contributed by atoms with Gasteiger partial charge < -0.3 is 10.1 Å². The fraction of sp³-hybridized carbons (Fsp3) is 0.632. The van der Waals surface area contributed by atoms with Crippen molar-refractivity contribution in [2.75, 3.05) is 6.54 Å². The second kappa shape index (κ2) is 9.37. The Kier molecular flexibility index (Phi) is 7.46. The fourth-order valence-corrected chi connectivity index (χ4v) is 4.22. The number of benzene rings is 1. The molecule has 0 unspecified atom stereocenters. The van der Waals surface area contributed by atoms with Crippen molar-refractivity contribution in [3.05, 3.63) is 24.3 Å². The molecule has 1 aromatic carbocycles. The van der Waals surface area contributed by atoms with E-state index in [1.165, 1.54) is 18.6 Å². The minimum absolute atomic E-state index is 0.0225. The molecule has 7 heteroatoms. The van der Waals surface area contributed by atoms with Crippen molar-refractivity contribution in [3.8, 4) is 5.75 Å². The molecular formula is C19H30N2O4S. The van der Waals surface area contributed by atoms with Crippen LogP contribution < -0.4 is 14.8 Å². The summed E-state index contributed by atoms with van der Waals surface area (Å²) in [4.78, 5) is 12.2. The smallest absolute Gasteiger partial charge is 0.260 e. The highest BCUT2D eigenvalue weighted by molar-refractivity contribution is 7.89. The Morgan fingerprint density at radius 3 is 2.31 bits per heavy atom. The zero-order chi connectivity index (χ0) is 19.2. The van der Waals surface area contributed by atoms with Crippen molar-refractivity contribution >= 4 is 15.9 Å². The predicted molar refractivity (Wildman–Crippen MR) is 102 cm³/mol. The fourth-order valence-electron chi connectivity index (χ4n) is 2.91. The average molecular weight is 383 g/mol. The van der Waals surface area contributed by atoms with E-state index in [0.29, 0.717) is 18.2 Å². The predicted octanol–water partition coefficient (Wildman–Crippen LogP) is 2.84. The lowest BCUT2D eigenvalue weighted by molar-refractivity contribution is -0.127. The summed E-state index contributed by atoms with van der Waals surface area (Å²) in [6.45, 7) is 6.31. The van der Waals surface area contributed by atoms with E-state index in [2.05, 4.69) is 10.0 Å². The van der Waals surface area contributed by atoms with E-state index in [4.69, 9.17) is 4.74 Å². The molecule has 0 heterocycles. The summed E-state index contributed by atoms with van der Waals surface area (Å²) >= 11 is 0. The second-order valence-corrected chi connectivity index (χ2v) is 9.04. The third kappa shape index (κ3) is 6.29. The summed E-state index contributed by atoms with van der Waals surface area (Å²) < 4.78 is 33.3. The molecule has 6 nitrogen and oxygen atoms in total. The minimum Gasteiger partial charge on any atom is -0.481 e. The Labute approximate surface area is 156 Å². The zero-order valence-electron chi connectivity index (χ0n) is 15.8. The lowest BCUT2D eigenvalue weighted by atomic mass is 9.96. The minimum atomic E-state index is -3.52. The monoisotopic (exact) mass is 382 g/mol. The topological polar surface area (TPSA) is 84.5 Å². The number of nitrogens with one attached hydrogen (secondary N) is 2. The summed E-state index contributed by atoms with van der Waals surface area (Å²) in [5.74, 6) is 0.649. The van der Waals surface area contributed by atoms with Crippen LogP contribution in [0.15, 0.2) is 29.2 Å². The Morgan fingerprint density at radius 1 is 1.12 bits per heavy atom. The molecule has 1 aromatic rings. The molecule has 1 aliphatic rings. The van der Waals surface area contributed by atoms with E-state index in [1.54, 1.807) is 19.1 Å². The third-order valence-electron chi connectivity index (χ3n) is 4.43. The maximum absolute atomic E-state index is 12.5. The van der Waals surface area contributed by atoms with E-state index < -0.39 is 16.1 Å². The summed E-state index contributed by atoms with van der Waals surface area (Å²) in [6.07, 6.45) is 4.45. The maximum Gasteiger partial charge on any atom is 0.260 e. The van der Waals surface area contributed by atoms with E-state index in [1.807, 2.05) is 13.8 Å². The lowest BCUT2D eigenvalue weighted by Crippen LogP contribution is -2.38. The Bertz CT molecular complexity index is 680. The van der Waals surface area contributed by atoms with Crippen LogP contribution in [0.2, 0.25) is 0 Å². The van der Waals surface area contributed by atoms with Gasteiger partial charge in [0.2, 0.25) is 10.0 Å². The molecule has 0 aliphatic heterocycles.